The van der Waals surface area contributed by atoms with Crippen molar-refractivity contribution in [1.82, 2.24) is 4.90 Å². The Morgan fingerprint density at radius 3 is 2.21 bits per heavy atom. The highest BCUT2D eigenvalue weighted by molar-refractivity contribution is 6.22. The monoisotopic (exact) mass is 528 g/mol. The van der Waals surface area contributed by atoms with Crippen molar-refractivity contribution in [1.29, 1.82) is 0 Å². The highest BCUT2D eigenvalue weighted by Crippen LogP contribution is 2.51. The number of carbonyl (C=O) groups excluding carboxylic acids is 2. The second-order valence-corrected chi connectivity index (χ2v) is 9.49. The molecule has 5 rings (SSSR count). The second kappa shape index (κ2) is 12.0. The van der Waals surface area contributed by atoms with Gasteiger partial charge in [-0.25, -0.2) is 0 Å². The molecule has 4 aliphatic rings. The van der Waals surface area contributed by atoms with E-state index in [1.54, 1.807) is 12.1 Å². The third-order valence-electron chi connectivity index (χ3n) is 7.75. The number of amides is 1. The number of rotatable bonds is 3. The van der Waals surface area contributed by atoms with Crippen LogP contribution in [0.4, 0.5) is 0 Å². The number of Topliss-reactive ketones (excluding diaryl/α,β-unsaturated/α-hetero) is 1. The van der Waals surface area contributed by atoms with Gasteiger partial charge in [-0.15, -0.1) is 0 Å². The molecule has 0 saturated carbocycles. The molecule has 3 aliphatic carbocycles. The van der Waals surface area contributed by atoms with Crippen LogP contribution in [-0.2, 0) is 20.7 Å². The van der Waals surface area contributed by atoms with Crippen LogP contribution in [0.3, 0.4) is 0 Å². The molecule has 38 heavy (non-hydrogen) atoms. The number of likely N-dealkylation sites (N-methyl/N-ethyl adjacent to an activating group) is 1. The Bertz CT molecular complexity index is 1180. The van der Waals surface area contributed by atoms with Crippen LogP contribution in [0.2, 0.25) is 0 Å². The van der Waals surface area contributed by atoms with Gasteiger partial charge in [-0.1, -0.05) is 39.8 Å². The molecule has 208 valence electrons. The molecule has 6 N–H and O–H groups in total. The largest absolute Gasteiger partial charge is 0.507 e. The molecule has 1 heterocycles. The highest BCUT2D eigenvalue weighted by Gasteiger charge is 2.51. The first kappa shape index (κ1) is 29.3. The number of carbonyl (C=O) groups is 2. The molecule has 0 aromatic heterocycles. The summed E-state index contributed by atoms with van der Waals surface area (Å²) in [5.41, 5.74) is 6.14. The van der Waals surface area contributed by atoms with E-state index in [2.05, 4.69) is 0 Å². The number of primary amides is 1. The van der Waals surface area contributed by atoms with E-state index in [9.17, 15) is 30.0 Å². The first-order valence-electron chi connectivity index (χ1n) is 13.5. The fourth-order valence-corrected chi connectivity index (χ4v) is 6.16. The minimum atomic E-state index is -1.07. The zero-order valence-electron chi connectivity index (χ0n) is 22.8. The number of aromatic hydroxyl groups is 1. The average molecular weight is 529 g/mol. The Morgan fingerprint density at radius 2 is 1.61 bits per heavy atom. The Balaban J connectivity index is 0.000000956. The molecule has 0 bridgehead atoms. The van der Waals surface area contributed by atoms with Crippen molar-refractivity contribution in [3.63, 3.8) is 0 Å². The van der Waals surface area contributed by atoms with Crippen molar-refractivity contribution in [2.45, 2.75) is 65.5 Å². The first-order valence-corrected chi connectivity index (χ1v) is 13.5. The molecule has 0 spiro atoms. The summed E-state index contributed by atoms with van der Waals surface area (Å²) in [7, 11) is 1.81. The quantitative estimate of drug-likeness (QED) is 0.368. The highest BCUT2D eigenvalue weighted by atomic mass is 16.5. The molecule has 3 atom stereocenters. The van der Waals surface area contributed by atoms with E-state index in [-0.39, 0.29) is 45.9 Å². The Morgan fingerprint density at radius 1 is 0.974 bits per heavy atom. The van der Waals surface area contributed by atoms with Crippen molar-refractivity contribution in [3.05, 3.63) is 57.6 Å². The fraction of sp³-hybridized carbons (Fsp3) is 0.517. The molecule has 1 fully saturated rings. The maximum atomic E-state index is 13.5. The van der Waals surface area contributed by atoms with Crippen molar-refractivity contribution < 1.29 is 34.8 Å². The van der Waals surface area contributed by atoms with Gasteiger partial charge in [0.2, 0.25) is 0 Å². The van der Waals surface area contributed by atoms with Gasteiger partial charge in [-0.05, 0) is 50.3 Å². The van der Waals surface area contributed by atoms with Crippen LogP contribution < -0.4 is 5.73 Å². The van der Waals surface area contributed by atoms with Crippen LogP contribution in [0.5, 0.6) is 5.75 Å². The summed E-state index contributed by atoms with van der Waals surface area (Å²) in [4.78, 5) is 27.6. The number of nitrogens with two attached hydrogens (primary N) is 1. The number of hydrogen-bond acceptors (Lipinski definition) is 8. The lowest BCUT2D eigenvalue weighted by molar-refractivity contribution is -0.127. The normalized spacial score (nSPS) is 25.0. The Labute approximate surface area is 223 Å². The van der Waals surface area contributed by atoms with Gasteiger partial charge < -0.3 is 30.9 Å². The average Bonchev–Trinajstić information content (AvgIpc) is 2.91. The van der Waals surface area contributed by atoms with E-state index in [1.165, 1.54) is 6.07 Å². The molecule has 0 radical (unpaired) electrons. The van der Waals surface area contributed by atoms with E-state index in [0.717, 1.165) is 5.56 Å². The van der Waals surface area contributed by atoms with Gasteiger partial charge >= 0.3 is 0 Å². The molecule has 9 heteroatoms. The van der Waals surface area contributed by atoms with Crippen LogP contribution in [-0.4, -0.2) is 69.4 Å². The van der Waals surface area contributed by atoms with E-state index in [1.807, 2.05) is 39.6 Å². The number of ether oxygens (including phenoxy) is 1. The van der Waals surface area contributed by atoms with Crippen LogP contribution in [0.1, 0.15) is 58.1 Å². The summed E-state index contributed by atoms with van der Waals surface area (Å²) in [6.07, 6.45) is 2.21. The first-order chi connectivity index (χ1) is 18.2. The van der Waals surface area contributed by atoms with E-state index in [0.29, 0.717) is 38.9 Å². The van der Waals surface area contributed by atoms with Gasteiger partial charge in [-0.2, -0.15) is 0 Å². The summed E-state index contributed by atoms with van der Waals surface area (Å²) >= 11 is 0. The number of fused-ring (bicyclic) bond motifs is 3. The minimum absolute atomic E-state index is 0.0230. The van der Waals surface area contributed by atoms with Crippen molar-refractivity contribution >= 4 is 17.4 Å². The number of allylic oxidation sites excluding steroid dienone is 2. The molecular weight excluding hydrogens is 488 g/mol. The summed E-state index contributed by atoms with van der Waals surface area (Å²) in [6, 6.07) is 4.16. The molecule has 1 aromatic rings. The maximum absolute atomic E-state index is 13.5. The van der Waals surface area contributed by atoms with Gasteiger partial charge in [0.25, 0.3) is 5.91 Å². The summed E-state index contributed by atoms with van der Waals surface area (Å²) in [5.74, 6) is -3.99. The van der Waals surface area contributed by atoms with Crippen LogP contribution >= 0.6 is 0 Å². The molecular formula is C29H40N2O7. The van der Waals surface area contributed by atoms with Crippen molar-refractivity contribution in [2.24, 2.45) is 17.6 Å². The number of phenols is 1. The van der Waals surface area contributed by atoms with Crippen LogP contribution in [0.25, 0.3) is 5.76 Å². The van der Waals surface area contributed by atoms with E-state index >= 15 is 0 Å². The predicted molar refractivity (Wildman–Crippen MR) is 145 cm³/mol. The molecule has 1 saturated heterocycles. The topological polar surface area (TPSA) is 154 Å². The zero-order valence-corrected chi connectivity index (χ0v) is 22.8. The van der Waals surface area contributed by atoms with Gasteiger partial charge in [0.05, 0.1) is 11.6 Å². The van der Waals surface area contributed by atoms with Crippen molar-refractivity contribution in [3.8, 4) is 5.75 Å². The summed E-state index contributed by atoms with van der Waals surface area (Å²) < 4.78 is 5.45. The minimum Gasteiger partial charge on any atom is -0.507 e. The molecule has 3 unspecified atom stereocenters. The number of ketones is 1. The second-order valence-electron chi connectivity index (χ2n) is 9.49. The Hall–Kier alpha value is -3.30. The number of aliphatic hydroxyl groups excluding tert-OH is 3. The van der Waals surface area contributed by atoms with Crippen molar-refractivity contribution in [2.75, 3.05) is 20.3 Å². The lowest BCUT2D eigenvalue weighted by Crippen LogP contribution is -2.55. The predicted octanol–water partition coefficient (Wildman–Crippen LogP) is 4.08. The number of aliphatic hydroxyl groups is 3. The van der Waals surface area contributed by atoms with Crippen LogP contribution in [0.15, 0.2) is 46.4 Å². The molecule has 1 aliphatic heterocycles. The summed E-state index contributed by atoms with van der Waals surface area (Å²) in [5, 5.41) is 43.7. The zero-order chi connectivity index (χ0) is 28.3. The fourth-order valence-electron chi connectivity index (χ4n) is 6.16. The lowest BCUT2D eigenvalue weighted by atomic mass is 9.64. The number of benzene rings is 1. The van der Waals surface area contributed by atoms with E-state index in [4.69, 9.17) is 10.5 Å². The third-order valence-corrected chi connectivity index (χ3v) is 7.75. The van der Waals surface area contributed by atoms with Gasteiger partial charge in [0.15, 0.2) is 5.78 Å². The molecule has 1 aromatic carbocycles. The van der Waals surface area contributed by atoms with Gasteiger partial charge in [-0.3, -0.25) is 14.5 Å². The Kier molecular flexibility index (Phi) is 9.27. The number of nitrogens with zero attached hydrogens (tertiary/aromatic N) is 1. The maximum Gasteiger partial charge on any atom is 0.256 e. The van der Waals surface area contributed by atoms with Gasteiger partial charge in [0, 0.05) is 36.3 Å². The third kappa shape index (κ3) is 4.80. The summed E-state index contributed by atoms with van der Waals surface area (Å²) in [6.45, 7) is 9.11. The molecule has 1 amide bonds. The smallest absolute Gasteiger partial charge is 0.256 e. The lowest BCUT2D eigenvalue weighted by Gasteiger charge is -2.46. The number of hydrogen-bond donors (Lipinski definition) is 5. The molecule has 9 nitrogen and oxygen atoms in total. The SMILES string of the molecule is CC.CC.CN(C1CCOCC1)C1C(=O)C(C(N)=O)=C(O)C2=C(O)C3=C(O)c4c(O)cccc4CC3CC21. The number of phenolic OH excluding ortho intramolecular Hbond substituents is 1. The van der Waals surface area contributed by atoms with E-state index < -0.39 is 35.0 Å². The standard InChI is InChI=1S/C25H28N2O7.2C2H6/c1-27(13-5-7-34-8-6-13)20-14-10-12-9-11-3-2-4-15(28)16(11)21(29)17(12)22(30)18(14)23(31)19(24(20)32)25(26)33;2*1-2/h2-4,12-14,20,28-31H,5-10H2,1H3,(H2,26,33);2*1-2H3. The van der Waals surface area contributed by atoms with Crippen LogP contribution in [0, 0.1) is 11.8 Å². The van der Waals surface area contributed by atoms with Gasteiger partial charge in [0.1, 0.15) is 28.6 Å².